The van der Waals surface area contributed by atoms with Gasteiger partial charge in [0.15, 0.2) is 5.13 Å². The number of rotatable bonds is 5. The third-order valence-corrected chi connectivity index (χ3v) is 4.34. The average molecular weight is 288 g/mol. The summed E-state index contributed by atoms with van der Waals surface area (Å²) in [5.74, 6) is 0.0262. The number of benzene rings is 1. The van der Waals surface area contributed by atoms with Gasteiger partial charge in [0.1, 0.15) is 0 Å². The molecule has 0 bridgehead atoms. The van der Waals surface area contributed by atoms with Gasteiger partial charge in [-0.25, -0.2) is 4.98 Å². The lowest BCUT2D eigenvalue weighted by atomic mass is 10.1. The van der Waals surface area contributed by atoms with E-state index in [2.05, 4.69) is 41.5 Å². The van der Waals surface area contributed by atoms with Crippen molar-refractivity contribution in [1.29, 1.82) is 0 Å². The molecule has 0 aliphatic rings. The van der Waals surface area contributed by atoms with Gasteiger partial charge in [-0.2, -0.15) is 0 Å². The van der Waals surface area contributed by atoms with Crippen LogP contribution in [0.15, 0.2) is 24.3 Å². The fourth-order valence-corrected chi connectivity index (χ4v) is 2.74. The Morgan fingerprint density at radius 2 is 1.85 bits per heavy atom. The fraction of sp³-hybridized carbons (Fsp3) is 0.375. The van der Waals surface area contributed by atoms with E-state index < -0.39 is 0 Å². The number of amides is 1. The molecular formula is C16H20N2OS. The standard InChI is InChI=1S/C16H20N2OS/c1-4-13-5-7-14(8-6-13)9-10-15(19)18-16-17-11(2)12(3)20-16/h5-8H,4,9-10H2,1-3H3,(H,17,18,19). The summed E-state index contributed by atoms with van der Waals surface area (Å²) in [5, 5.41) is 3.57. The molecule has 0 aliphatic carbocycles. The van der Waals surface area contributed by atoms with E-state index in [0.29, 0.717) is 11.6 Å². The Labute approximate surface area is 124 Å². The number of nitrogens with zero attached hydrogens (tertiary/aromatic N) is 1. The highest BCUT2D eigenvalue weighted by Gasteiger charge is 2.08. The summed E-state index contributed by atoms with van der Waals surface area (Å²) in [5.41, 5.74) is 3.51. The number of anilines is 1. The summed E-state index contributed by atoms with van der Waals surface area (Å²) in [4.78, 5) is 17.3. The summed E-state index contributed by atoms with van der Waals surface area (Å²) in [6.07, 6.45) is 2.30. The predicted octanol–water partition coefficient (Wildman–Crippen LogP) is 3.89. The zero-order chi connectivity index (χ0) is 14.5. The Morgan fingerprint density at radius 3 is 2.40 bits per heavy atom. The molecule has 0 saturated carbocycles. The zero-order valence-corrected chi connectivity index (χ0v) is 13.0. The largest absolute Gasteiger partial charge is 0.302 e. The molecule has 0 aliphatic heterocycles. The highest BCUT2D eigenvalue weighted by Crippen LogP contribution is 2.21. The van der Waals surface area contributed by atoms with Gasteiger partial charge >= 0.3 is 0 Å². The number of hydrogen-bond acceptors (Lipinski definition) is 3. The minimum absolute atomic E-state index is 0.0262. The maximum atomic E-state index is 11.9. The molecule has 0 fully saturated rings. The van der Waals surface area contributed by atoms with E-state index in [1.807, 2.05) is 13.8 Å². The second-order valence-corrected chi connectivity index (χ2v) is 6.08. The Balaban J connectivity index is 1.85. The van der Waals surface area contributed by atoms with E-state index in [9.17, 15) is 4.79 Å². The number of carbonyl (C=O) groups is 1. The first-order chi connectivity index (χ1) is 9.58. The van der Waals surface area contributed by atoms with Gasteiger partial charge in [0.05, 0.1) is 5.69 Å². The summed E-state index contributed by atoms with van der Waals surface area (Å²) in [7, 11) is 0. The Bertz CT molecular complexity index is 568. The number of nitrogens with one attached hydrogen (secondary N) is 1. The second-order valence-electron chi connectivity index (χ2n) is 4.88. The summed E-state index contributed by atoms with van der Waals surface area (Å²) >= 11 is 1.53. The molecule has 20 heavy (non-hydrogen) atoms. The maximum Gasteiger partial charge on any atom is 0.226 e. The van der Waals surface area contributed by atoms with E-state index in [1.165, 1.54) is 22.5 Å². The normalized spacial score (nSPS) is 10.6. The van der Waals surface area contributed by atoms with Crippen molar-refractivity contribution < 1.29 is 4.79 Å². The van der Waals surface area contributed by atoms with Gasteiger partial charge in [0, 0.05) is 11.3 Å². The van der Waals surface area contributed by atoms with E-state index in [-0.39, 0.29) is 5.91 Å². The molecule has 1 aromatic carbocycles. The monoisotopic (exact) mass is 288 g/mol. The number of aromatic nitrogens is 1. The van der Waals surface area contributed by atoms with Crippen LogP contribution in [-0.4, -0.2) is 10.9 Å². The summed E-state index contributed by atoms with van der Waals surface area (Å²) in [6, 6.07) is 8.45. The first-order valence-corrected chi connectivity index (χ1v) is 7.72. The van der Waals surface area contributed by atoms with Crippen molar-refractivity contribution in [2.75, 3.05) is 5.32 Å². The first kappa shape index (κ1) is 14.7. The molecule has 1 heterocycles. The molecule has 1 aromatic heterocycles. The summed E-state index contributed by atoms with van der Waals surface area (Å²) in [6.45, 7) is 6.11. The number of hydrogen-bond donors (Lipinski definition) is 1. The molecule has 4 heteroatoms. The molecule has 2 rings (SSSR count). The molecular weight excluding hydrogens is 268 g/mol. The molecule has 0 spiro atoms. The summed E-state index contributed by atoms with van der Waals surface area (Å²) < 4.78 is 0. The van der Waals surface area contributed by atoms with Crippen LogP contribution in [0.5, 0.6) is 0 Å². The highest BCUT2D eigenvalue weighted by molar-refractivity contribution is 7.15. The maximum absolute atomic E-state index is 11.9. The lowest BCUT2D eigenvalue weighted by Crippen LogP contribution is -2.12. The quantitative estimate of drug-likeness (QED) is 0.906. The third-order valence-electron chi connectivity index (χ3n) is 3.35. The second kappa shape index (κ2) is 6.66. The van der Waals surface area contributed by atoms with Gasteiger partial charge in [0.25, 0.3) is 0 Å². The van der Waals surface area contributed by atoms with Crippen molar-refractivity contribution in [2.45, 2.75) is 40.0 Å². The Morgan fingerprint density at radius 1 is 1.20 bits per heavy atom. The molecule has 0 atom stereocenters. The SMILES string of the molecule is CCc1ccc(CCC(=O)Nc2nc(C)c(C)s2)cc1. The van der Waals surface area contributed by atoms with Crippen LogP contribution in [0.2, 0.25) is 0 Å². The number of carbonyl (C=O) groups excluding carboxylic acids is 1. The fourth-order valence-electron chi connectivity index (χ4n) is 1.91. The average Bonchev–Trinajstić information content (AvgIpc) is 2.75. The van der Waals surface area contributed by atoms with Crippen molar-refractivity contribution in [1.82, 2.24) is 4.98 Å². The molecule has 1 N–H and O–H groups in total. The zero-order valence-electron chi connectivity index (χ0n) is 12.2. The molecule has 0 radical (unpaired) electrons. The lowest BCUT2D eigenvalue weighted by molar-refractivity contribution is -0.116. The van der Waals surface area contributed by atoms with Crippen LogP contribution in [0.3, 0.4) is 0 Å². The van der Waals surface area contributed by atoms with Gasteiger partial charge in [-0.1, -0.05) is 31.2 Å². The van der Waals surface area contributed by atoms with E-state index in [1.54, 1.807) is 0 Å². The highest BCUT2D eigenvalue weighted by atomic mass is 32.1. The number of aryl methyl sites for hydroxylation is 4. The van der Waals surface area contributed by atoms with Crippen molar-refractivity contribution in [3.63, 3.8) is 0 Å². The Hall–Kier alpha value is -1.68. The van der Waals surface area contributed by atoms with Gasteiger partial charge in [-0.15, -0.1) is 11.3 Å². The van der Waals surface area contributed by atoms with E-state index >= 15 is 0 Å². The van der Waals surface area contributed by atoms with Crippen LogP contribution < -0.4 is 5.32 Å². The van der Waals surface area contributed by atoms with Crippen molar-refractivity contribution >= 4 is 22.4 Å². The minimum atomic E-state index is 0.0262. The first-order valence-electron chi connectivity index (χ1n) is 6.90. The van der Waals surface area contributed by atoms with Crippen LogP contribution >= 0.6 is 11.3 Å². The molecule has 0 unspecified atom stereocenters. The van der Waals surface area contributed by atoms with Gasteiger partial charge in [0.2, 0.25) is 5.91 Å². The lowest BCUT2D eigenvalue weighted by Gasteiger charge is -2.03. The minimum Gasteiger partial charge on any atom is -0.302 e. The molecule has 0 saturated heterocycles. The van der Waals surface area contributed by atoms with Crippen LogP contribution in [0.25, 0.3) is 0 Å². The van der Waals surface area contributed by atoms with Crippen molar-refractivity contribution in [3.8, 4) is 0 Å². The van der Waals surface area contributed by atoms with E-state index in [4.69, 9.17) is 0 Å². The smallest absolute Gasteiger partial charge is 0.226 e. The van der Waals surface area contributed by atoms with Gasteiger partial charge < -0.3 is 5.32 Å². The topological polar surface area (TPSA) is 42.0 Å². The van der Waals surface area contributed by atoms with Crippen LogP contribution in [-0.2, 0) is 17.6 Å². The van der Waals surface area contributed by atoms with Gasteiger partial charge in [-0.3, -0.25) is 4.79 Å². The van der Waals surface area contributed by atoms with Gasteiger partial charge in [-0.05, 0) is 37.8 Å². The third kappa shape index (κ3) is 3.90. The van der Waals surface area contributed by atoms with Crippen LogP contribution in [0.4, 0.5) is 5.13 Å². The predicted molar refractivity (Wildman–Crippen MR) is 84.4 cm³/mol. The van der Waals surface area contributed by atoms with Crippen molar-refractivity contribution in [2.24, 2.45) is 0 Å². The number of thiazole rings is 1. The van der Waals surface area contributed by atoms with Crippen LogP contribution in [0.1, 0.15) is 35.0 Å². The molecule has 2 aromatic rings. The van der Waals surface area contributed by atoms with Crippen LogP contribution in [0, 0.1) is 13.8 Å². The molecule has 1 amide bonds. The molecule has 106 valence electrons. The van der Waals surface area contributed by atoms with Crippen molar-refractivity contribution in [3.05, 3.63) is 46.0 Å². The molecule has 3 nitrogen and oxygen atoms in total. The Kier molecular flexibility index (Phi) is 4.90. The van der Waals surface area contributed by atoms with E-state index in [0.717, 1.165) is 23.4 Å².